The van der Waals surface area contributed by atoms with E-state index in [9.17, 15) is 4.79 Å². The Balaban J connectivity index is 2.42. The van der Waals surface area contributed by atoms with Gasteiger partial charge in [0.1, 0.15) is 5.82 Å². The second-order valence-corrected chi connectivity index (χ2v) is 3.38. The van der Waals surface area contributed by atoms with Gasteiger partial charge in [-0.2, -0.15) is 0 Å². The highest BCUT2D eigenvalue weighted by molar-refractivity contribution is 5.85. The molecule has 1 amide bonds. The number of carbonyl (C=O) groups is 1. The first-order valence-corrected chi connectivity index (χ1v) is 4.73. The van der Waals surface area contributed by atoms with Gasteiger partial charge in [-0.3, -0.25) is 4.90 Å². The third-order valence-corrected chi connectivity index (χ3v) is 2.43. The summed E-state index contributed by atoms with van der Waals surface area (Å²) in [5, 5.41) is 9.00. The molecule has 14 heavy (non-hydrogen) atoms. The van der Waals surface area contributed by atoms with Crippen molar-refractivity contribution in [1.29, 1.82) is 0 Å². The molecule has 0 unspecified atom stereocenters. The molecular weight excluding hydrogens is 180 g/mol. The van der Waals surface area contributed by atoms with Gasteiger partial charge in [-0.15, -0.1) is 0 Å². The molecule has 0 aromatic carbocycles. The van der Waals surface area contributed by atoms with Gasteiger partial charge in [0.2, 0.25) is 0 Å². The number of rotatable bonds is 0. The number of fused-ring (bicyclic) bond motifs is 1. The number of hydrogen-bond acceptors (Lipinski definition) is 2. The monoisotopic (exact) mass is 192 g/mol. The number of amides is 1. The molecule has 4 nitrogen and oxygen atoms in total. The van der Waals surface area contributed by atoms with Crippen LogP contribution in [0, 0.1) is 0 Å². The first kappa shape index (κ1) is 8.99. The SMILES string of the molecule is O=C(O)N1CCCCc2cccnc21. The highest BCUT2D eigenvalue weighted by atomic mass is 16.4. The van der Waals surface area contributed by atoms with Gasteiger partial charge in [-0.1, -0.05) is 6.07 Å². The van der Waals surface area contributed by atoms with Crippen LogP contribution in [0.4, 0.5) is 10.6 Å². The summed E-state index contributed by atoms with van der Waals surface area (Å²) >= 11 is 0. The van der Waals surface area contributed by atoms with Crippen LogP contribution < -0.4 is 4.90 Å². The number of nitrogens with zero attached hydrogens (tertiary/aromatic N) is 2. The summed E-state index contributed by atoms with van der Waals surface area (Å²) in [5.74, 6) is 0.609. The van der Waals surface area contributed by atoms with Crippen molar-refractivity contribution in [1.82, 2.24) is 4.98 Å². The molecule has 1 aliphatic rings. The van der Waals surface area contributed by atoms with Crippen LogP contribution in [-0.4, -0.2) is 22.7 Å². The van der Waals surface area contributed by atoms with Gasteiger partial charge < -0.3 is 5.11 Å². The second-order valence-electron chi connectivity index (χ2n) is 3.38. The Morgan fingerprint density at radius 2 is 2.36 bits per heavy atom. The highest BCUT2D eigenvalue weighted by Crippen LogP contribution is 2.23. The molecule has 1 N–H and O–H groups in total. The molecule has 2 rings (SSSR count). The third-order valence-electron chi connectivity index (χ3n) is 2.43. The van der Waals surface area contributed by atoms with Crippen LogP contribution in [0.1, 0.15) is 18.4 Å². The van der Waals surface area contributed by atoms with Crippen molar-refractivity contribution in [2.75, 3.05) is 11.4 Å². The molecule has 1 aliphatic heterocycles. The number of aromatic nitrogens is 1. The van der Waals surface area contributed by atoms with Crippen molar-refractivity contribution >= 4 is 11.9 Å². The van der Waals surface area contributed by atoms with Crippen molar-refractivity contribution in [2.24, 2.45) is 0 Å². The lowest BCUT2D eigenvalue weighted by Crippen LogP contribution is -2.30. The molecule has 0 spiro atoms. The standard InChI is InChI=1S/C10H12N2O2/c13-10(14)12-7-2-1-4-8-5-3-6-11-9(8)12/h3,5-6H,1-2,4,7H2,(H,13,14). The van der Waals surface area contributed by atoms with Crippen LogP contribution in [0.15, 0.2) is 18.3 Å². The van der Waals surface area contributed by atoms with Crippen LogP contribution in [0.2, 0.25) is 0 Å². The van der Waals surface area contributed by atoms with Crippen molar-refractivity contribution in [3.05, 3.63) is 23.9 Å². The molecular formula is C10H12N2O2. The molecule has 74 valence electrons. The van der Waals surface area contributed by atoms with Crippen LogP contribution >= 0.6 is 0 Å². The van der Waals surface area contributed by atoms with Crippen LogP contribution in [0.3, 0.4) is 0 Å². The van der Waals surface area contributed by atoms with E-state index in [0.29, 0.717) is 12.4 Å². The molecule has 0 saturated heterocycles. The van der Waals surface area contributed by atoms with E-state index in [4.69, 9.17) is 5.11 Å². The summed E-state index contributed by atoms with van der Waals surface area (Å²) in [4.78, 5) is 16.4. The van der Waals surface area contributed by atoms with Gasteiger partial charge in [0.05, 0.1) is 0 Å². The van der Waals surface area contributed by atoms with E-state index in [-0.39, 0.29) is 0 Å². The maximum Gasteiger partial charge on any atom is 0.413 e. The number of carboxylic acid groups (broad SMARTS) is 1. The van der Waals surface area contributed by atoms with E-state index in [1.165, 1.54) is 4.90 Å². The maximum atomic E-state index is 11.0. The van der Waals surface area contributed by atoms with Gasteiger partial charge in [-0.25, -0.2) is 9.78 Å². The Morgan fingerprint density at radius 3 is 3.14 bits per heavy atom. The summed E-state index contributed by atoms with van der Waals surface area (Å²) in [6.45, 7) is 0.555. The Kier molecular flexibility index (Phi) is 2.35. The third kappa shape index (κ3) is 1.55. The van der Waals surface area contributed by atoms with Gasteiger partial charge in [-0.05, 0) is 30.9 Å². The Morgan fingerprint density at radius 1 is 1.50 bits per heavy atom. The lowest BCUT2D eigenvalue weighted by atomic mass is 10.1. The molecule has 0 radical (unpaired) electrons. The van der Waals surface area contributed by atoms with Gasteiger partial charge in [0, 0.05) is 12.7 Å². The fourth-order valence-corrected chi connectivity index (χ4v) is 1.75. The molecule has 0 fully saturated rings. The van der Waals surface area contributed by atoms with Crippen molar-refractivity contribution in [3.8, 4) is 0 Å². The first-order valence-electron chi connectivity index (χ1n) is 4.73. The van der Waals surface area contributed by atoms with Crippen molar-refractivity contribution < 1.29 is 9.90 Å². The molecule has 1 aromatic rings. The lowest BCUT2D eigenvalue weighted by Gasteiger charge is -2.17. The second kappa shape index (κ2) is 3.65. The number of hydrogen-bond donors (Lipinski definition) is 1. The fraction of sp³-hybridized carbons (Fsp3) is 0.400. The molecule has 4 heteroatoms. The fourth-order valence-electron chi connectivity index (χ4n) is 1.75. The number of anilines is 1. The topological polar surface area (TPSA) is 53.4 Å². The zero-order valence-electron chi connectivity index (χ0n) is 7.81. The van der Waals surface area contributed by atoms with Crippen molar-refractivity contribution in [3.63, 3.8) is 0 Å². The average molecular weight is 192 g/mol. The molecule has 0 bridgehead atoms. The normalized spacial score (nSPS) is 15.9. The molecule has 1 aromatic heterocycles. The number of aryl methyl sites for hydroxylation is 1. The summed E-state index contributed by atoms with van der Waals surface area (Å²) in [7, 11) is 0. The van der Waals surface area contributed by atoms with Crippen LogP contribution in [0.25, 0.3) is 0 Å². The van der Waals surface area contributed by atoms with E-state index in [1.54, 1.807) is 6.20 Å². The van der Waals surface area contributed by atoms with Gasteiger partial charge in [0.15, 0.2) is 0 Å². The molecule has 0 saturated carbocycles. The predicted octanol–water partition coefficient (Wildman–Crippen LogP) is 1.90. The van der Waals surface area contributed by atoms with Crippen LogP contribution in [0.5, 0.6) is 0 Å². The first-order chi connectivity index (χ1) is 6.79. The summed E-state index contributed by atoms with van der Waals surface area (Å²) in [6, 6.07) is 3.80. The Labute approximate surface area is 82.2 Å². The van der Waals surface area contributed by atoms with E-state index in [0.717, 1.165) is 24.8 Å². The van der Waals surface area contributed by atoms with Gasteiger partial charge in [0.25, 0.3) is 0 Å². The highest BCUT2D eigenvalue weighted by Gasteiger charge is 2.20. The average Bonchev–Trinajstić information content (AvgIpc) is 2.39. The summed E-state index contributed by atoms with van der Waals surface area (Å²) in [6.07, 6.45) is 3.59. The largest absolute Gasteiger partial charge is 0.465 e. The minimum atomic E-state index is -0.910. The molecule has 0 atom stereocenters. The van der Waals surface area contributed by atoms with E-state index in [1.807, 2.05) is 12.1 Å². The summed E-state index contributed by atoms with van der Waals surface area (Å²) < 4.78 is 0. The maximum absolute atomic E-state index is 11.0. The lowest BCUT2D eigenvalue weighted by molar-refractivity contribution is 0.201. The number of pyridine rings is 1. The minimum absolute atomic E-state index is 0.555. The Bertz CT molecular complexity index is 352. The zero-order chi connectivity index (χ0) is 9.97. The van der Waals surface area contributed by atoms with E-state index >= 15 is 0 Å². The smallest absolute Gasteiger partial charge is 0.413 e. The quantitative estimate of drug-likeness (QED) is 0.683. The minimum Gasteiger partial charge on any atom is -0.465 e. The molecule has 0 aliphatic carbocycles. The summed E-state index contributed by atoms with van der Waals surface area (Å²) in [5.41, 5.74) is 1.03. The van der Waals surface area contributed by atoms with Crippen LogP contribution in [-0.2, 0) is 6.42 Å². The zero-order valence-corrected chi connectivity index (χ0v) is 7.81. The van der Waals surface area contributed by atoms with E-state index < -0.39 is 6.09 Å². The van der Waals surface area contributed by atoms with Gasteiger partial charge >= 0.3 is 6.09 Å². The predicted molar refractivity (Wildman–Crippen MR) is 52.5 cm³/mol. The Hall–Kier alpha value is -1.58. The molecule has 2 heterocycles. The van der Waals surface area contributed by atoms with E-state index in [2.05, 4.69) is 4.98 Å². The van der Waals surface area contributed by atoms with Crippen molar-refractivity contribution in [2.45, 2.75) is 19.3 Å².